The number of rotatable bonds is 2. The number of carbonyl (C=O) groups is 1. The highest BCUT2D eigenvalue weighted by Crippen LogP contribution is 2.39. The molecule has 0 unspecified atom stereocenters. The van der Waals surface area contributed by atoms with Gasteiger partial charge in [0.15, 0.2) is 0 Å². The van der Waals surface area contributed by atoms with Crippen molar-refractivity contribution in [3.05, 3.63) is 41.4 Å². The van der Waals surface area contributed by atoms with Gasteiger partial charge in [-0.15, -0.1) is 0 Å². The highest BCUT2D eigenvalue weighted by Gasteiger charge is 2.52. The third kappa shape index (κ3) is 3.75. The zero-order valence-corrected chi connectivity index (χ0v) is 15.8. The van der Waals surface area contributed by atoms with Gasteiger partial charge >= 0.3 is 13.1 Å². The molecular weight excluding hydrogens is 315 g/mol. The first kappa shape index (κ1) is 18.0. The lowest BCUT2D eigenvalue weighted by Crippen LogP contribution is -2.41. The molecule has 0 bridgehead atoms. The molecule has 0 aliphatic carbocycles. The van der Waals surface area contributed by atoms with Gasteiger partial charge in [0.1, 0.15) is 0 Å². The van der Waals surface area contributed by atoms with Gasteiger partial charge in [-0.3, -0.25) is 0 Å². The fourth-order valence-electron chi connectivity index (χ4n) is 3.00. The van der Waals surface area contributed by atoms with Gasteiger partial charge in [0.05, 0.1) is 11.2 Å². The minimum Gasteiger partial charge on any atom is -0.400 e. The van der Waals surface area contributed by atoms with Gasteiger partial charge in [0.2, 0.25) is 0 Å². The average Bonchev–Trinajstić information content (AvgIpc) is 2.75. The van der Waals surface area contributed by atoms with Gasteiger partial charge in [0.25, 0.3) is 0 Å². The van der Waals surface area contributed by atoms with Crippen LogP contribution in [0, 0.1) is 6.92 Å². The number of hydrogen-bond donors (Lipinski definition) is 1. The van der Waals surface area contributed by atoms with Crippen LogP contribution in [-0.2, 0) is 9.31 Å². The molecule has 1 N–H and O–H groups in total. The number of aryl methyl sites for hydroxylation is 1. The summed E-state index contributed by atoms with van der Waals surface area (Å²) in [5.41, 5.74) is 2.40. The second-order valence-electron chi connectivity index (χ2n) is 7.86. The number of nitrogens with zero attached hydrogens (tertiary/aromatic N) is 1. The summed E-state index contributed by atoms with van der Waals surface area (Å²) in [4.78, 5) is 14.2. The van der Waals surface area contributed by atoms with Crippen molar-refractivity contribution in [3.63, 3.8) is 0 Å². The Bertz CT molecular complexity index is 684. The van der Waals surface area contributed by atoms with Crippen molar-refractivity contribution in [2.24, 2.45) is 0 Å². The third-order valence-corrected chi connectivity index (χ3v) is 5.36. The fourth-order valence-corrected chi connectivity index (χ4v) is 3.00. The second kappa shape index (κ2) is 6.50. The fraction of sp³-hybridized carbons (Fsp3) is 0.526. The monoisotopic (exact) mass is 342 g/mol. The molecule has 0 radical (unpaired) electrons. The Morgan fingerprint density at radius 1 is 1.20 bits per heavy atom. The van der Waals surface area contributed by atoms with Crippen molar-refractivity contribution in [2.75, 3.05) is 18.4 Å². The maximum absolute atomic E-state index is 12.4. The van der Waals surface area contributed by atoms with Crippen LogP contribution in [0.25, 0.3) is 0 Å². The molecule has 3 rings (SSSR count). The molecule has 1 fully saturated rings. The Hall–Kier alpha value is -1.79. The van der Waals surface area contributed by atoms with E-state index in [-0.39, 0.29) is 24.4 Å². The van der Waals surface area contributed by atoms with Gasteiger partial charge < -0.3 is 19.5 Å². The lowest BCUT2D eigenvalue weighted by Gasteiger charge is -2.32. The Kier molecular flexibility index (Phi) is 4.69. The SMILES string of the molecule is Cc1cccc(NC(=O)N2CC=C(B3OC(C)(C)C(C)(C)O3)CC2)c1. The molecule has 0 spiro atoms. The average molecular weight is 342 g/mol. The molecule has 1 aromatic carbocycles. The minimum atomic E-state index is -0.335. The Morgan fingerprint density at radius 2 is 1.88 bits per heavy atom. The molecule has 2 heterocycles. The first-order valence-corrected chi connectivity index (χ1v) is 8.85. The van der Waals surface area contributed by atoms with Crippen LogP contribution in [0.1, 0.15) is 39.7 Å². The molecule has 1 aromatic rings. The van der Waals surface area contributed by atoms with E-state index in [9.17, 15) is 4.79 Å². The van der Waals surface area contributed by atoms with Crippen molar-refractivity contribution in [1.82, 2.24) is 4.90 Å². The molecule has 1 saturated heterocycles. The molecule has 5 nitrogen and oxygen atoms in total. The molecular formula is C19H27BN2O3. The summed E-state index contributed by atoms with van der Waals surface area (Å²) in [6.45, 7) is 11.5. The number of urea groups is 1. The maximum atomic E-state index is 12.4. The lowest BCUT2D eigenvalue weighted by atomic mass is 9.75. The summed E-state index contributed by atoms with van der Waals surface area (Å²) < 4.78 is 12.2. The summed E-state index contributed by atoms with van der Waals surface area (Å²) in [6.07, 6.45) is 2.82. The number of anilines is 1. The highest BCUT2D eigenvalue weighted by molar-refractivity contribution is 6.54. The van der Waals surface area contributed by atoms with Crippen LogP contribution >= 0.6 is 0 Å². The van der Waals surface area contributed by atoms with E-state index in [2.05, 4.69) is 39.1 Å². The highest BCUT2D eigenvalue weighted by atomic mass is 16.7. The summed E-state index contributed by atoms with van der Waals surface area (Å²) in [6, 6.07) is 7.75. The van der Waals surface area contributed by atoms with Crippen LogP contribution in [0.4, 0.5) is 10.5 Å². The number of amides is 2. The third-order valence-electron chi connectivity index (χ3n) is 5.36. The second-order valence-corrected chi connectivity index (χ2v) is 7.86. The molecule has 2 aliphatic heterocycles. The first-order chi connectivity index (χ1) is 11.7. The predicted octanol–water partition coefficient (Wildman–Crippen LogP) is 3.79. The van der Waals surface area contributed by atoms with Crippen molar-refractivity contribution >= 4 is 18.8 Å². The zero-order chi connectivity index (χ0) is 18.2. The smallest absolute Gasteiger partial charge is 0.400 e. The van der Waals surface area contributed by atoms with E-state index in [1.54, 1.807) is 4.90 Å². The number of carbonyl (C=O) groups excluding carboxylic acids is 1. The molecule has 0 saturated carbocycles. The number of nitrogens with one attached hydrogen (secondary N) is 1. The molecule has 134 valence electrons. The van der Waals surface area contributed by atoms with Gasteiger partial charge in [-0.25, -0.2) is 4.79 Å². The van der Waals surface area contributed by atoms with E-state index in [1.807, 2.05) is 31.2 Å². The number of hydrogen-bond acceptors (Lipinski definition) is 3. The van der Waals surface area contributed by atoms with Gasteiger partial charge in [-0.2, -0.15) is 0 Å². The van der Waals surface area contributed by atoms with Crippen LogP contribution in [0.2, 0.25) is 0 Å². The standard InChI is InChI=1S/C19H27BN2O3/c1-14-7-6-8-16(13-14)21-17(23)22-11-9-15(10-12-22)20-24-18(2,3)19(4,5)25-20/h6-9,13H,10-12H2,1-5H3,(H,21,23). The van der Waals surface area contributed by atoms with Crippen LogP contribution < -0.4 is 5.32 Å². The molecule has 2 aliphatic rings. The topological polar surface area (TPSA) is 50.8 Å². The van der Waals surface area contributed by atoms with E-state index in [0.29, 0.717) is 13.1 Å². The minimum absolute atomic E-state index is 0.0742. The largest absolute Gasteiger partial charge is 0.490 e. The Labute approximate surface area is 150 Å². The van der Waals surface area contributed by atoms with E-state index < -0.39 is 0 Å². The van der Waals surface area contributed by atoms with Crippen LogP contribution in [0.3, 0.4) is 0 Å². The van der Waals surface area contributed by atoms with Crippen LogP contribution in [-0.4, -0.2) is 42.3 Å². The van der Waals surface area contributed by atoms with E-state index >= 15 is 0 Å². The van der Waals surface area contributed by atoms with Crippen molar-refractivity contribution in [2.45, 2.75) is 52.2 Å². The first-order valence-electron chi connectivity index (χ1n) is 8.85. The van der Waals surface area contributed by atoms with E-state index in [1.165, 1.54) is 0 Å². The predicted molar refractivity (Wildman–Crippen MR) is 101 cm³/mol. The zero-order valence-electron chi connectivity index (χ0n) is 15.8. The Morgan fingerprint density at radius 3 is 2.44 bits per heavy atom. The van der Waals surface area contributed by atoms with Crippen molar-refractivity contribution in [1.29, 1.82) is 0 Å². The molecule has 0 atom stereocenters. The molecule has 2 amide bonds. The summed E-state index contributed by atoms with van der Waals surface area (Å²) in [5, 5.41) is 2.96. The van der Waals surface area contributed by atoms with E-state index in [0.717, 1.165) is 23.1 Å². The quantitative estimate of drug-likeness (QED) is 0.832. The van der Waals surface area contributed by atoms with Gasteiger partial charge in [-0.1, -0.05) is 18.2 Å². The normalized spacial score (nSPS) is 21.9. The van der Waals surface area contributed by atoms with Crippen LogP contribution in [0.5, 0.6) is 0 Å². The lowest BCUT2D eigenvalue weighted by molar-refractivity contribution is 0.00578. The number of benzene rings is 1. The molecule has 25 heavy (non-hydrogen) atoms. The Balaban J connectivity index is 1.60. The van der Waals surface area contributed by atoms with Gasteiger partial charge in [0, 0.05) is 18.8 Å². The summed E-state index contributed by atoms with van der Waals surface area (Å²) in [7, 11) is -0.313. The summed E-state index contributed by atoms with van der Waals surface area (Å²) >= 11 is 0. The maximum Gasteiger partial charge on any atom is 0.490 e. The van der Waals surface area contributed by atoms with Crippen molar-refractivity contribution < 1.29 is 14.1 Å². The molecule has 0 aromatic heterocycles. The van der Waals surface area contributed by atoms with Crippen molar-refractivity contribution in [3.8, 4) is 0 Å². The van der Waals surface area contributed by atoms with E-state index in [4.69, 9.17) is 9.31 Å². The van der Waals surface area contributed by atoms with Crippen LogP contribution in [0.15, 0.2) is 35.8 Å². The van der Waals surface area contributed by atoms with Gasteiger partial charge in [-0.05, 0) is 64.2 Å². The summed E-state index contributed by atoms with van der Waals surface area (Å²) in [5.74, 6) is 0. The molecule has 6 heteroatoms.